The van der Waals surface area contributed by atoms with Gasteiger partial charge in [-0.3, -0.25) is 14.9 Å². The van der Waals surface area contributed by atoms with E-state index in [4.69, 9.17) is 23.8 Å². The van der Waals surface area contributed by atoms with Crippen LogP contribution in [0.4, 0.5) is 11.4 Å². The van der Waals surface area contributed by atoms with E-state index in [0.29, 0.717) is 16.3 Å². The van der Waals surface area contributed by atoms with E-state index in [1.165, 1.54) is 6.08 Å². The van der Waals surface area contributed by atoms with Crippen LogP contribution in [0.5, 0.6) is 0 Å². The Labute approximate surface area is 191 Å². The van der Waals surface area contributed by atoms with Gasteiger partial charge in [0.25, 0.3) is 5.91 Å². The van der Waals surface area contributed by atoms with Gasteiger partial charge in [-0.2, -0.15) is 0 Å². The number of halogens is 1. The van der Waals surface area contributed by atoms with Gasteiger partial charge in [0.2, 0.25) is 5.91 Å². The van der Waals surface area contributed by atoms with E-state index in [1.807, 2.05) is 30.3 Å². The van der Waals surface area contributed by atoms with E-state index >= 15 is 0 Å². The van der Waals surface area contributed by atoms with Gasteiger partial charge in [0.15, 0.2) is 5.11 Å². The summed E-state index contributed by atoms with van der Waals surface area (Å²) in [5.74, 6) is -0.482. The number of anilines is 2. The molecule has 0 heterocycles. The molecule has 3 aromatic carbocycles. The average molecular weight is 450 g/mol. The van der Waals surface area contributed by atoms with Crippen LogP contribution in [0.3, 0.4) is 0 Å². The Morgan fingerprint density at radius 2 is 1.58 bits per heavy atom. The number of thiocarbonyl (C=S) groups is 1. The largest absolute Gasteiger partial charge is 0.332 e. The van der Waals surface area contributed by atoms with Crippen LogP contribution in [0.15, 0.2) is 84.9 Å². The zero-order valence-corrected chi connectivity index (χ0v) is 18.3. The fourth-order valence-electron chi connectivity index (χ4n) is 2.72. The summed E-state index contributed by atoms with van der Waals surface area (Å²) in [6, 6.07) is 23.4. The summed E-state index contributed by atoms with van der Waals surface area (Å²) < 4.78 is 0. The van der Waals surface area contributed by atoms with Gasteiger partial charge in [-0.1, -0.05) is 41.9 Å². The molecule has 0 aliphatic rings. The minimum absolute atomic E-state index is 0.124. The average Bonchev–Trinajstić information content (AvgIpc) is 2.78. The lowest BCUT2D eigenvalue weighted by atomic mass is 10.1. The van der Waals surface area contributed by atoms with Crippen molar-refractivity contribution in [2.24, 2.45) is 0 Å². The van der Waals surface area contributed by atoms with Gasteiger partial charge in [0.1, 0.15) is 0 Å². The summed E-state index contributed by atoms with van der Waals surface area (Å²) in [7, 11) is 1.73. The molecule has 2 N–H and O–H groups in total. The maximum absolute atomic E-state index is 12.6. The number of hydrogen-bond donors (Lipinski definition) is 2. The molecule has 3 rings (SSSR count). The van der Waals surface area contributed by atoms with E-state index in [2.05, 4.69) is 10.6 Å². The van der Waals surface area contributed by atoms with E-state index in [0.717, 1.165) is 11.3 Å². The highest BCUT2D eigenvalue weighted by Crippen LogP contribution is 2.16. The zero-order chi connectivity index (χ0) is 22.2. The molecule has 2 amide bonds. The third-order valence-corrected chi connectivity index (χ3v) is 4.83. The number of rotatable bonds is 5. The van der Waals surface area contributed by atoms with Gasteiger partial charge in [-0.25, -0.2) is 0 Å². The molecule has 0 saturated heterocycles. The number of carbonyl (C=O) groups excluding carboxylic acids is 2. The van der Waals surface area contributed by atoms with Gasteiger partial charge in [0.05, 0.1) is 0 Å². The molecule has 0 aliphatic heterocycles. The van der Waals surface area contributed by atoms with Crippen LogP contribution >= 0.6 is 23.8 Å². The van der Waals surface area contributed by atoms with Crippen molar-refractivity contribution in [2.45, 2.75) is 0 Å². The Kier molecular flexibility index (Phi) is 7.54. The minimum Gasteiger partial charge on any atom is -0.332 e. The van der Waals surface area contributed by atoms with Crippen molar-refractivity contribution < 1.29 is 9.59 Å². The quantitative estimate of drug-likeness (QED) is 0.418. The van der Waals surface area contributed by atoms with Gasteiger partial charge < -0.3 is 10.2 Å². The molecule has 3 aromatic rings. The monoisotopic (exact) mass is 449 g/mol. The van der Waals surface area contributed by atoms with Crippen molar-refractivity contribution in [1.82, 2.24) is 5.32 Å². The number of hydrogen-bond acceptors (Lipinski definition) is 3. The second kappa shape index (κ2) is 10.5. The van der Waals surface area contributed by atoms with Crippen LogP contribution in [0.1, 0.15) is 15.9 Å². The molecule has 0 bridgehead atoms. The van der Waals surface area contributed by atoms with Crippen molar-refractivity contribution in [3.05, 3.63) is 101 Å². The molecule has 0 atom stereocenters. The van der Waals surface area contributed by atoms with Crippen LogP contribution in [-0.4, -0.2) is 24.0 Å². The van der Waals surface area contributed by atoms with Crippen molar-refractivity contribution in [1.29, 1.82) is 0 Å². The highest BCUT2D eigenvalue weighted by atomic mass is 35.5. The fourth-order valence-corrected chi connectivity index (χ4v) is 3.06. The maximum atomic E-state index is 12.6. The number of carbonyl (C=O) groups is 2. The van der Waals surface area contributed by atoms with E-state index < -0.39 is 0 Å². The first-order chi connectivity index (χ1) is 14.9. The Hall–Kier alpha value is -3.48. The van der Waals surface area contributed by atoms with Crippen molar-refractivity contribution in [3.63, 3.8) is 0 Å². The molecule has 0 fully saturated rings. The number of para-hydroxylation sites is 1. The summed E-state index contributed by atoms with van der Waals surface area (Å²) in [5, 5.41) is 6.30. The topological polar surface area (TPSA) is 61.4 Å². The summed E-state index contributed by atoms with van der Waals surface area (Å²) in [6.07, 6.45) is 3.05. The molecule has 0 radical (unpaired) electrons. The number of amides is 2. The Balaban J connectivity index is 1.54. The van der Waals surface area contributed by atoms with Crippen molar-refractivity contribution in [2.75, 3.05) is 17.3 Å². The molecule has 0 aliphatic carbocycles. The summed E-state index contributed by atoms with van der Waals surface area (Å²) in [6.45, 7) is 0. The second-order valence-electron chi connectivity index (χ2n) is 6.61. The lowest BCUT2D eigenvalue weighted by Gasteiger charge is -2.17. The van der Waals surface area contributed by atoms with Crippen LogP contribution in [0.2, 0.25) is 5.02 Å². The predicted octanol–water partition coefficient (Wildman–Crippen LogP) is 5.14. The van der Waals surface area contributed by atoms with Crippen molar-refractivity contribution >= 4 is 58.2 Å². The minimum atomic E-state index is -0.358. The number of benzene rings is 3. The second-order valence-corrected chi connectivity index (χ2v) is 7.45. The van der Waals surface area contributed by atoms with E-state index in [9.17, 15) is 9.59 Å². The lowest BCUT2D eigenvalue weighted by molar-refractivity contribution is -0.115. The van der Waals surface area contributed by atoms with E-state index in [-0.39, 0.29) is 16.9 Å². The maximum Gasteiger partial charge on any atom is 0.258 e. The standard InChI is InChI=1S/C24H20ClN3O2S/c1-28(21-5-3-2-4-6-21)23(30)18-10-14-20(15-11-18)26-24(31)27-22(29)16-9-17-7-12-19(25)13-8-17/h2-16H,1H3,(H2,26,27,29,31)/b16-9+. The Morgan fingerprint density at radius 3 is 2.23 bits per heavy atom. The number of nitrogens with zero attached hydrogens (tertiary/aromatic N) is 1. The van der Waals surface area contributed by atoms with Crippen LogP contribution in [0.25, 0.3) is 6.08 Å². The van der Waals surface area contributed by atoms with Crippen LogP contribution in [0, 0.1) is 0 Å². The van der Waals surface area contributed by atoms with Crippen LogP contribution in [-0.2, 0) is 4.79 Å². The third-order valence-electron chi connectivity index (χ3n) is 4.37. The SMILES string of the molecule is CN(C(=O)c1ccc(NC(=S)NC(=O)/C=C/c2ccc(Cl)cc2)cc1)c1ccccc1. The summed E-state index contributed by atoms with van der Waals surface area (Å²) in [5.41, 5.74) is 2.85. The smallest absolute Gasteiger partial charge is 0.258 e. The normalized spacial score (nSPS) is 10.5. The molecule has 156 valence electrons. The molecular weight excluding hydrogens is 430 g/mol. The van der Waals surface area contributed by atoms with Gasteiger partial charge >= 0.3 is 0 Å². The molecule has 7 heteroatoms. The first kappa shape index (κ1) is 22.2. The first-order valence-electron chi connectivity index (χ1n) is 9.41. The molecular formula is C24H20ClN3O2S. The molecule has 0 spiro atoms. The highest BCUT2D eigenvalue weighted by Gasteiger charge is 2.13. The molecule has 0 saturated carbocycles. The Bertz CT molecular complexity index is 1100. The van der Waals surface area contributed by atoms with Gasteiger partial charge in [-0.15, -0.1) is 0 Å². The Morgan fingerprint density at radius 1 is 0.935 bits per heavy atom. The van der Waals surface area contributed by atoms with Gasteiger partial charge in [-0.05, 0) is 72.4 Å². The highest BCUT2D eigenvalue weighted by molar-refractivity contribution is 7.80. The molecule has 31 heavy (non-hydrogen) atoms. The number of nitrogens with one attached hydrogen (secondary N) is 2. The third kappa shape index (κ3) is 6.50. The fraction of sp³-hybridized carbons (Fsp3) is 0.0417. The lowest BCUT2D eigenvalue weighted by Crippen LogP contribution is -2.32. The zero-order valence-electron chi connectivity index (χ0n) is 16.7. The molecule has 5 nitrogen and oxygen atoms in total. The van der Waals surface area contributed by atoms with Crippen molar-refractivity contribution in [3.8, 4) is 0 Å². The first-order valence-corrected chi connectivity index (χ1v) is 10.2. The van der Waals surface area contributed by atoms with E-state index in [1.54, 1.807) is 66.6 Å². The summed E-state index contributed by atoms with van der Waals surface area (Å²) >= 11 is 11.0. The molecule has 0 unspecified atom stereocenters. The van der Waals surface area contributed by atoms with Gasteiger partial charge in [0, 0.05) is 35.1 Å². The predicted molar refractivity (Wildman–Crippen MR) is 130 cm³/mol. The summed E-state index contributed by atoms with van der Waals surface area (Å²) in [4.78, 5) is 26.3. The molecule has 0 aromatic heterocycles. The van der Waals surface area contributed by atoms with Crippen LogP contribution < -0.4 is 15.5 Å².